The summed E-state index contributed by atoms with van der Waals surface area (Å²) in [5.74, 6) is 0.626. The van der Waals surface area contributed by atoms with Crippen LogP contribution in [0.5, 0.6) is 0 Å². The van der Waals surface area contributed by atoms with Crippen molar-refractivity contribution >= 4 is 39.7 Å². The van der Waals surface area contributed by atoms with E-state index in [0.717, 1.165) is 10.4 Å². The molecule has 150 valence electrons. The van der Waals surface area contributed by atoms with Gasteiger partial charge in [-0.15, -0.1) is 11.3 Å². The third kappa shape index (κ3) is 4.71. The average Bonchev–Trinajstić information content (AvgIpc) is 3.39. The van der Waals surface area contributed by atoms with E-state index in [4.69, 9.17) is 16.0 Å². The van der Waals surface area contributed by atoms with Crippen molar-refractivity contribution in [2.45, 2.75) is 19.2 Å². The van der Waals surface area contributed by atoms with Crippen LogP contribution in [0.1, 0.15) is 22.3 Å². The predicted octanol–water partition coefficient (Wildman–Crippen LogP) is 4.27. The number of H-pyrrole nitrogens is 1. The Hall–Kier alpha value is -2.58. The fourth-order valence-corrected chi connectivity index (χ4v) is 3.84. The lowest BCUT2D eigenvalue weighted by Gasteiger charge is -2.08. The van der Waals surface area contributed by atoms with Crippen LogP contribution >= 0.6 is 22.9 Å². The fourth-order valence-electron chi connectivity index (χ4n) is 3.00. The standard InChI is InChI=1S/C21H20ClN3O3S/c22-14-5-3-13(4-6-14)9-24-17-11-25-21-16(20(17)27)8-15(28-21)10-23-12-18(26)19-2-1-7-29-19/h1-8,11,18,23-24,26H,9-10,12H2,(H,25,27). The summed E-state index contributed by atoms with van der Waals surface area (Å²) in [4.78, 5) is 16.7. The first-order valence-electron chi connectivity index (χ1n) is 9.15. The lowest BCUT2D eigenvalue weighted by Crippen LogP contribution is -2.20. The minimum absolute atomic E-state index is 0.124. The molecule has 0 radical (unpaired) electrons. The third-order valence-electron chi connectivity index (χ3n) is 4.52. The van der Waals surface area contributed by atoms with Crippen molar-refractivity contribution in [1.29, 1.82) is 0 Å². The van der Waals surface area contributed by atoms with Gasteiger partial charge in [-0.05, 0) is 35.2 Å². The van der Waals surface area contributed by atoms with Gasteiger partial charge in [-0.3, -0.25) is 4.79 Å². The minimum Gasteiger partial charge on any atom is -0.443 e. The number of furan rings is 1. The molecule has 0 saturated heterocycles. The highest BCUT2D eigenvalue weighted by atomic mass is 35.5. The number of hydrogen-bond donors (Lipinski definition) is 4. The molecule has 0 spiro atoms. The molecule has 1 unspecified atom stereocenters. The first-order chi connectivity index (χ1) is 14.1. The molecule has 0 amide bonds. The van der Waals surface area contributed by atoms with Crippen LogP contribution in [0.3, 0.4) is 0 Å². The summed E-state index contributed by atoms with van der Waals surface area (Å²) < 4.78 is 5.71. The average molecular weight is 430 g/mol. The zero-order valence-electron chi connectivity index (χ0n) is 15.4. The number of thiophene rings is 1. The quantitative estimate of drug-likeness (QED) is 0.336. The molecule has 1 aromatic carbocycles. The van der Waals surface area contributed by atoms with Gasteiger partial charge in [-0.2, -0.15) is 0 Å². The van der Waals surface area contributed by atoms with E-state index >= 15 is 0 Å². The van der Waals surface area contributed by atoms with Crippen LogP contribution in [0.4, 0.5) is 5.69 Å². The van der Waals surface area contributed by atoms with Gasteiger partial charge in [-0.25, -0.2) is 0 Å². The number of aromatic nitrogens is 1. The van der Waals surface area contributed by atoms with Gasteiger partial charge in [-0.1, -0.05) is 29.8 Å². The smallest absolute Gasteiger partial charge is 0.215 e. The Morgan fingerprint density at radius 2 is 2.03 bits per heavy atom. The molecule has 0 aliphatic heterocycles. The van der Waals surface area contributed by atoms with Gasteiger partial charge in [0.15, 0.2) is 0 Å². The summed E-state index contributed by atoms with van der Waals surface area (Å²) in [7, 11) is 0. The SMILES string of the molecule is O=c1c(NCc2ccc(Cl)cc2)c[nH]c2oc(CNCC(O)c3cccs3)cc12. The van der Waals surface area contributed by atoms with Crippen molar-refractivity contribution in [2.75, 3.05) is 11.9 Å². The number of fused-ring (bicyclic) bond motifs is 1. The van der Waals surface area contributed by atoms with E-state index < -0.39 is 6.10 Å². The molecule has 0 aliphatic rings. The first-order valence-corrected chi connectivity index (χ1v) is 10.4. The largest absolute Gasteiger partial charge is 0.443 e. The van der Waals surface area contributed by atoms with Gasteiger partial charge in [0.1, 0.15) is 11.9 Å². The molecule has 0 aliphatic carbocycles. The van der Waals surface area contributed by atoms with E-state index in [2.05, 4.69) is 15.6 Å². The molecule has 29 heavy (non-hydrogen) atoms. The topological polar surface area (TPSA) is 90.3 Å². The second kappa shape index (κ2) is 8.84. The number of pyridine rings is 1. The number of aliphatic hydroxyl groups excluding tert-OH is 1. The van der Waals surface area contributed by atoms with Crippen molar-refractivity contribution < 1.29 is 9.52 Å². The van der Waals surface area contributed by atoms with Gasteiger partial charge in [0.2, 0.25) is 11.1 Å². The van der Waals surface area contributed by atoms with Gasteiger partial charge < -0.3 is 25.1 Å². The van der Waals surface area contributed by atoms with Crippen LogP contribution in [0, 0.1) is 0 Å². The maximum atomic E-state index is 12.7. The summed E-state index contributed by atoms with van der Waals surface area (Å²) >= 11 is 7.41. The molecule has 4 aromatic rings. The number of benzene rings is 1. The molecule has 0 bridgehead atoms. The highest BCUT2D eigenvalue weighted by Gasteiger charge is 2.12. The van der Waals surface area contributed by atoms with E-state index in [1.54, 1.807) is 12.3 Å². The van der Waals surface area contributed by atoms with Gasteiger partial charge in [0.25, 0.3) is 0 Å². The van der Waals surface area contributed by atoms with Crippen LogP contribution < -0.4 is 16.1 Å². The molecule has 4 rings (SSSR count). The van der Waals surface area contributed by atoms with Gasteiger partial charge in [0, 0.05) is 29.2 Å². The number of hydrogen-bond acceptors (Lipinski definition) is 6. The number of aromatic amines is 1. The van der Waals surface area contributed by atoms with E-state index in [0.29, 0.717) is 47.2 Å². The second-order valence-electron chi connectivity index (χ2n) is 6.63. The summed E-state index contributed by atoms with van der Waals surface area (Å²) in [6, 6.07) is 13.0. The van der Waals surface area contributed by atoms with Crippen molar-refractivity contribution in [1.82, 2.24) is 10.3 Å². The number of aliphatic hydroxyl groups is 1. The third-order valence-corrected chi connectivity index (χ3v) is 5.75. The molecule has 0 saturated carbocycles. The monoisotopic (exact) mass is 429 g/mol. The lowest BCUT2D eigenvalue weighted by atomic mass is 10.2. The molecule has 8 heteroatoms. The Labute approximate surface area is 176 Å². The molecule has 3 heterocycles. The van der Waals surface area contributed by atoms with E-state index in [9.17, 15) is 9.90 Å². The maximum Gasteiger partial charge on any atom is 0.215 e. The molecule has 1 atom stereocenters. The predicted molar refractivity (Wildman–Crippen MR) is 117 cm³/mol. The molecular formula is C21H20ClN3O3S. The molecule has 0 fully saturated rings. The van der Waals surface area contributed by atoms with Crippen LogP contribution in [-0.2, 0) is 13.1 Å². The normalized spacial score (nSPS) is 12.3. The van der Waals surface area contributed by atoms with Crippen LogP contribution in [0.2, 0.25) is 5.02 Å². The zero-order valence-corrected chi connectivity index (χ0v) is 17.0. The number of rotatable bonds is 8. The minimum atomic E-state index is -0.565. The van der Waals surface area contributed by atoms with Crippen molar-refractivity contribution in [3.05, 3.63) is 85.5 Å². The first kappa shape index (κ1) is 19.7. The van der Waals surface area contributed by atoms with Crippen LogP contribution in [0.25, 0.3) is 11.1 Å². The van der Waals surface area contributed by atoms with Crippen molar-refractivity contribution in [3.63, 3.8) is 0 Å². The molecule has 3 aromatic heterocycles. The fraction of sp³-hybridized carbons (Fsp3) is 0.190. The number of halogens is 1. The van der Waals surface area contributed by atoms with Crippen LogP contribution in [0.15, 0.2) is 63.3 Å². The van der Waals surface area contributed by atoms with E-state index in [1.807, 2.05) is 41.8 Å². The highest BCUT2D eigenvalue weighted by molar-refractivity contribution is 7.10. The maximum absolute atomic E-state index is 12.7. The van der Waals surface area contributed by atoms with Crippen molar-refractivity contribution in [2.24, 2.45) is 0 Å². The summed E-state index contributed by atoms with van der Waals surface area (Å²) in [6.07, 6.45) is 1.05. The summed E-state index contributed by atoms with van der Waals surface area (Å²) in [6.45, 7) is 1.33. The Balaban J connectivity index is 1.40. The Bertz CT molecular complexity index is 1140. The Morgan fingerprint density at radius 1 is 1.21 bits per heavy atom. The molecular weight excluding hydrogens is 410 g/mol. The van der Waals surface area contributed by atoms with Gasteiger partial charge in [0.05, 0.1) is 17.6 Å². The van der Waals surface area contributed by atoms with E-state index in [1.165, 1.54) is 11.3 Å². The van der Waals surface area contributed by atoms with Crippen LogP contribution in [-0.4, -0.2) is 16.6 Å². The van der Waals surface area contributed by atoms with Gasteiger partial charge >= 0.3 is 0 Å². The Kier molecular flexibility index (Phi) is 6.01. The summed E-state index contributed by atoms with van der Waals surface area (Å²) in [5.41, 5.74) is 1.81. The highest BCUT2D eigenvalue weighted by Crippen LogP contribution is 2.19. The number of nitrogens with one attached hydrogen (secondary N) is 3. The zero-order chi connectivity index (χ0) is 20.2. The Morgan fingerprint density at radius 3 is 2.79 bits per heavy atom. The number of anilines is 1. The lowest BCUT2D eigenvalue weighted by molar-refractivity contribution is 0.177. The second-order valence-corrected chi connectivity index (χ2v) is 8.04. The van der Waals surface area contributed by atoms with E-state index in [-0.39, 0.29) is 5.43 Å². The molecule has 6 nitrogen and oxygen atoms in total. The summed E-state index contributed by atoms with van der Waals surface area (Å²) in [5, 5.41) is 19.5. The van der Waals surface area contributed by atoms with Crippen molar-refractivity contribution in [3.8, 4) is 0 Å². The molecule has 4 N–H and O–H groups in total.